The first kappa shape index (κ1) is 13.8. The quantitative estimate of drug-likeness (QED) is 0.377. The van der Waals surface area contributed by atoms with E-state index < -0.39 is 43.7 Å². The van der Waals surface area contributed by atoms with Crippen molar-refractivity contribution < 1.29 is 30.0 Å². The van der Waals surface area contributed by atoms with Crippen molar-refractivity contribution in [3.63, 3.8) is 0 Å². The lowest BCUT2D eigenvalue weighted by atomic mass is 10.1. The van der Waals surface area contributed by atoms with E-state index in [1.54, 1.807) is 0 Å². The van der Waals surface area contributed by atoms with E-state index in [4.69, 9.17) is 15.6 Å². The standard InChI is InChI=1S/C9H14N4O6/c10-8(18)5-3(1-14)13(12-11-5)9-7(17)6(16)4(2-15)19-9/h4,6-7,9,14-17H,1-2H2,(H2,10,18)/t4-,6-,7-,9-/m1/s1. The lowest BCUT2D eigenvalue weighted by Crippen LogP contribution is -2.33. The Hall–Kier alpha value is -1.59. The zero-order chi connectivity index (χ0) is 14.2. The van der Waals surface area contributed by atoms with Crippen LogP contribution in [0.1, 0.15) is 22.4 Å². The number of hydrogen-bond donors (Lipinski definition) is 5. The first-order chi connectivity index (χ1) is 9.01. The predicted molar refractivity (Wildman–Crippen MR) is 57.5 cm³/mol. The van der Waals surface area contributed by atoms with E-state index in [9.17, 15) is 20.1 Å². The zero-order valence-corrected chi connectivity index (χ0v) is 9.75. The summed E-state index contributed by atoms with van der Waals surface area (Å²) in [6.07, 6.45) is -4.87. The van der Waals surface area contributed by atoms with Crippen LogP contribution in [0.25, 0.3) is 0 Å². The average Bonchev–Trinajstić information content (AvgIpc) is 2.92. The van der Waals surface area contributed by atoms with Crippen LogP contribution in [0.3, 0.4) is 0 Å². The topological polar surface area (TPSA) is 164 Å². The van der Waals surface area contributed by atoms with Gasteiger partial charge in [-0.25, -0.2) is 4.68 Å². The van der Waals surface area contributed by atoms with Crippen LogP contribution in [0.15, 0.2) is 0 Å². The van der Waals surface area contributed by atoms with Gasteiger partial charge < -0.3 is 30.9 Å². The molecule has 1 aromatic rings. The Morgan fingerprint density at radius 1 is 1.37 bits per heavy atom. The number of aliphatic hydroxyl groups is 4. The van der Waals surface area contributed by atoms with E-state index in [2.05, 4.69) is 10.3 Å². The van der Waals surface area contributed by atoms with Crippen LogP contribution < -0.4 is 5.73 Å². The lowest BCUT2D eigenvalue weighted by molar-refractivity contribution is -0.0618. The van der Waals surface area contributed by atoms with Gasteiger partial charge in [-0.15, -0.1) is 5.10 Å². The lowest BCUT2D eigenvalue weighted by Gasteiger charge is -2.16. The third-order valence-corrected chi connectivity index (χ3v) is 2.93. The zero-order valence-electron chi connectivity index (χ0n) is 9.75. The Morgan fingerprint density at radius 3 is 2.53 bits per heavy atom. The second-order valence-corrected chi connectivity index (χ2v) is 4.08. The van der Waals surface area contributed by atoms with Gasteiger partial charge in [-0.05, 0) is 0 Å². The number of aliphatic hydroxyl groups excluding tert-OH is 4. The summed E-state index contributed by atoms with van der Waals surface area (Å²) < 4.78 is 6.17. The van der Waals surface area contributed by atoms with Crippen molar-refractivity contribution in [2.75, 3.05) is 6.61 Å². The first-order valence-electron chi connectivity index (χ1n) is 5.48. The molecule has 0 saturated carbocycles. The number of ether oxygens (including phenoxy) is 1. The average molecular weight is 274 g/mol. The number of carbonyl (C=O) groups is 1. The van der Waals surface area contributed by atoms with Crippen molar-refractivity contribution in [2.45, 2.75) is 31.1 Å². The van der Waals surface area contributed by atoms with Gasteiger partial charge in [0.2, 0.25) is 0 Å². The molecule has 2 heterocycles. The second kappa shape index (κ2) is 5.19. The molecule has 10 nitrogen and oxygen atoms in total. The molecular weight excluding hydrogens is 260 g/mol. The number of rotatable bonds is 4. The Labute approximate surface area is 107 Å². The van der Waals surface area contributed by atoms with Crippen molar-refractivity contribution in [1.29, 1.82) is 0 Å². The molecule has 1 aliphatic rings. The third kappa shape index (κ3) is 2.19. The van der Waals surface area contributed by atoms with Gasteiger partial charge in [0.15, 0.2) is 11.9 Å². The van der Waals surface area contributed by atoms with Gasteiger partial charge in [-0.2, -0.15) is 0 Å². The molecule has 2 rings (SSSR count). The minimum Gasteiger partial charge on any atom is -0.394 e. The Balaban J connectivity index is 2.35. The molecule has 1 amide bonds. The molecule has 0 aromatic carbocycles. The Morgan fingerprint density at radius 2 is 2.05 bits per heavy atom. The maximum Gasteiger partial charge on any atom is 0.271 e. The molecule has 19 heavy (non-hydrogen) atoms. The SMILES string of the molecule is NC(=O)c1nnn([C@@H]2O[C@H](CO)[C@@H](O)[C@H]2O)c1CO. The van der Waals surface area contributed by atoms with E-state index in [0.717, 1.165) is 4.68 Å². The molecule has 106 valence electrons. The van der Waals surface area contributed by atoms with Gasteiger partial charge in [0.1, 0.15) is 24.0 Å². The van der Waals surface area contributed by atoms with Crippen LogP contribution >= 0.6 is 0 Å². The van der Waals surface area contributed by atoms with Crippen LogP contribution in [0, 0.1) is 0 Å². The van der Waals surface area contributed by atoms with Crippen LogP contribution in [0.4, 0.5) is 0 Å². The largest absolute Gasteiger partial charge is 0.394 e. The summed E-state index contributed by atoms with van der Waals surface area (Å²) in [5.74, 6) is -0.887. The number of aromatic nitrogens is 3. The summed E-state index contributed by atoms with van der Waals surface area (Å²) in [5, 5.41) is 44.7. The van der Waals surface area contributed by atoms with Crippen molar-refractivity contribution in [2.24, 2.45) is 5.73 Å². The van der Waals surface area contributed by atoms with Crippen LogP contribution in [0.2, 0.25) is 0 Å². The van der Waals surface area contributed by atoms with E-state index in [0.29, 0.717) is 0 Å². The van der Waals surface area contributed by atoms with Gasteiger partial charge in [-0.3, -0.25) is 4.79 Å². The summed E-state index contributed by atoms with van der Waals surface area (Å²) in [6.45, 7) is -1.10. The number of amides is 1. The summed E-state index contributed by atoms with van der Waals surface area (Å²) >= 11 is 0. The summed E-state index contributed by atoms with van der Waals surface area (Å²) in [5.41, 5.74) is 4.77. The van der Waals surface area contributed by atoms with Gasteiger partial charge >= 0.3 is 0 Å². The highest BCUT2D eigenvalue weighted by molar-refractivity contribution is 5.91. The fourth-order valence-electron chi connectivity index (χ4n) is 1.94. The fraction of sp³-hybridized carbons (Fsp3) is 0.667. The summed E-state index contributed by atoms with van der Waals surface area (Å²) in [4.78, 5) is 11.1. The molecule has 4 atom stereocenters. The molecular formula is C9H14N4O6. The molecule has 1 fully saturated rings. The fourth-order valence-corrected chi connectivity index (χ4v) is 1.94. The van der Waals surface area contributed by atoms with Gasteiger partial charge in [0, 0.05) is 0 Å². The summed E-state index contributed by atoms with van der Waals surface area (Å²) in [7, 11) is 0. The monoisotopic (exact) mass is 274 g/mol. The molecule has 0 radical (unpaired) electrons. The number of nitrogens with zero attached hydrogens (tertiary/aromatic N) is 3. The molecule has 1 aromatic heterocycles. The molecule has 10 heteroatoms. The van der Waals surface area contributed by atoms with Crippen molar-refractivity contribution >= 4 is 5.91 Å². The Kier molecular flexibility index (Phi) is 3.78. The number of carbonyl (C=O) groups excluding carboxylic acids is 1. The Bertz CT molecular complexity index is 477. The van der Waals surface area contributed by atoms with Crippen LogP contribution in [-0.2, 0) is 11.3 Å². The molecule has 0 aliphatic carbocycles. The third-order valence-electron chi connectivity index (χ3n) is 2.93. The van der Waals surface area contributed by atoms with E-state index >= 15 is 0 Å². The van der Waals surface area contributed by atoms with Gasteiger partial charge in [-0.1, -0.05) is 5.21 Å². The second-order valence-electron chi connectivity index (χ2n) is 4.08. The summed E-state index contributed by atoms with van der Waals surface area (Å²) in [6, 6.07) is 0. The number of hydrogen-bond acceptors (Lipinski definition) is 8. The van der Waals surface area contributed by atoms with E-state index in [1.165, 1.54) is 0 Å². The number of nitrogens with two attached hydrogens (primary N) is 1. The van der Waals surface area contributed by atoms with E-state index in [-0.39, 0.29) is 11.4 Å². The van der Waals surface area contributed by atoms with Crippen LogP contribution in [-0.4, -0.2) is 66.2 Å². The first-order valence-corrected chi connectivity index (χ1v) is 5.48. The molecule has 1 aliphatic heterocycles. The van der Waals surface area contributed by atoms with Crippen LogP contribution in [0.5, 0.6) is 0 Å². The van der Waals surface area contributed by atoms with Crippen molar-refractivity contribution in [1.82, 2.24) is 15.0 Å². The predicted octanol–water partition coefficient (Wildman–Crippen LogP) is -3.52. The number of primary amides is 1. The van der Waals surface area contributed by atoms with Gasteiger partial charge in [0.05, 0.1) is 13.2 Å². The molecule has 1 saturated heterocycles. The maximum atomic E-state index is 11.1. The highest BCUT2D eigenvalue weighted by Gasteiger charge is 2.45. The van der Waals surface area contributed by atoms with E-state index in [1.807, 2.05) is 0 Å². The minimum atomic E-state index is -1.38. The molecule has 6 N–H and O–H groups in total. The highest BCUT2D eigenvalue weighted by atomic mass is 16.6. The highest BCUT2D eigenvalue weighted by Crippen LogP contribution is 2.30. The van der Waals surface area contributed by atoms with Crippen molar-refractivity contribution in [3.05, 3.63) is 11.4 Å². The van der Waals surface area contributed by atoms with Gasteiger partial charge in [0.25, 0.3) is 5.91 Å². The smallest absolute Gasteiger partial charge is 0.271 e. The van der Waals surface area contributed by atoms with Crippen molar-refractivity contribution in [3.8, 4) is 0 Å². The molecule has 0 spiro atoms. The maximum absolute atomic E-state index is 11.1. The molecule has 0 bridgehead atoms. The normalized spacial score (nSPS) is 30.7. The molecule has 0 unspecified atom stereocenters. The minimum absolute atomic E-state index is 0.0395.